The highest BCUT2D eigenvalue weighted by Gasteiger charge is 2.45. The van der Waals surface area contributed by atoms with Crippen LogP contribution in [-0.2, 0) is 11.2 Å². The highest BCUT2D eigenvalue weighted by atomic mass is 35.5. The van der Waals surface area contributed by atoms with Crippen LogP contribution in [0.3, 0.4) is 0 Å². The number of halogens is 1. The predicted octanol–water partition coefficient (Wildman–Crippen LogP) is 5.90. The molecule has 0 spiro atoms. The van der Waals surface area contributed by atoms with Crippen molar-refractivity contribution in [2.75, 3.05) is 42.8 Å². The normalized spacial score (nSPS) is 15.2. The minimum absolute atomic E-state index is 0.0124. The smallest absolute Gasteiger partial charge is 0.245 e. The molecule has 0 unspecified atom stereocenters. The molecule has 0 saturated carbocycles. The van der Waals surface area contributed by atoms with Crippen LogP contribution in [0.5, 0.6) is 0 Å². The second-order valence-electron chi connectivity index (χ2n) is 10.4. The van der Waals surface area contributed by atoms with Gasteiger partial charge in [-0.05, 0) is 43.5 Å². The molecule has 1 saturated heterocycles. The van der Waals surface area contributed by atoms with Gasteiger partial charge in [-0.25, -0.2) is 0 Å². The van der Waals surface area contributed by atoms with Crippen LogP contribution < -0.4 is 10.6 Å². The summed E-state index contributed by atoms with van der Waals surface area (Å²) in [6.45, 7) is 5.87. The third kappa shape index (κ3) is 7.18. The van der Waals surface area contributed by atoms with E-state index in [4.69, 9.17) is 11.6 Å². The lowest BCUT2D eigenvalue weighted by molar-refractivity contribution is -0.145. The molecule has 3 aromatic carbocycles. The molecule has 0 radical (unpaired) electrons. The molecule has 1 heterocycles. The number of carbonyl (C=O) groups is 1. The van der Waals surface area contributed by atoms with E-state index < -0.39 is 11.5 Å². The van der Waals surface area contributed by atoms with Gasteiger partial charge < -0.3 is 20.6 Å². The van der Waals surface area contributed by atoms with Crippen LogP contribution in [0.2, 0.25) is 0 Å². The van der Waals surface area contributed by atoms with Crippen LogP contribution in [0.15, 0.2) is 78.9 Å². The molecule has 1 aliphatic heterocycles. The van der Waals surface area contributed by atoms with Crippen LogP contribution in [0.1, 0.15) is 28.7 Å². The topological polar surface area (TPSA) is 64.6 Å². The minimum Gasteiger partial charge on any atom is -0.396 e. The molecule has 1 fully saturated rings. The maximum atomic E-state index is 13.6. The molecule has 1 atom stereocenters. The first-order chi connectivity index (χ1) is 18.4. The molecule has 0 aromatic heterocycles. The van der Waals surface area contributed by atoms with Crippen molar-refractivity contribution in [2.24, 2.45) is 5.41 Å². The second kappa shape index (κ2) is 13.0. The third-order valence-corrected chi connectivity index (χ3v) is 7.68. The number of rotatable bonds is 12. The molecule has 3 aromatic rings. The van der Waals surface area contributed by atoms with Gasteiger partial charge in [0.1, 0.15) is 6.04 Å². The van der Waals surface area contributed by atoms with Crippen molar-refractivity contribution in [3.63, 3.8) is 0 Å². The average Bonchev–Trinajstić information content (AvgIpc) is 2.91. The van der Waals surface area contributed by atoms with Crippen molar-refractivity contribution in [1.82, 2.24) is 4.90 Å². The second-order valence-corrected chi connectivity index (χ2v) is 10.7. The van der Waals surface area contributed by atoms with Gasteiger partial charge in [0.25, 0.3) is 0 Å². The van der Waals surface area contributed by atoms with Crippen LogP contribution in [0.25, 0.3) is 6.08 Å². The van der Waals surface area contributed by atoms with Crippen LogP contribution >= 0.6 is 11.6 Å². The number of carbonyl (C=O) groups excluding carboxylic acids is 1. The van der Waals surface area contributed by atoms with Gasteiger partial charge in [-0.15, -0.1) is 11.6 Å². The van der Waals surface area contributed by atoms with Crippen LogP contribution in [0, 0.1) is 19.3 Å². The molecule has 6 heteroatoms. The summed E-state index contributed by atoms with van der Waals surface area (Å²) >= 11 is 6.09. The fourth-order valence-corrected chi connectivity index (χ4v) is 4.92. The van der Waals surface area contributed by atoms with Gasteiger partial charge in [0.2, 0.25) is 5.91 Å². The molecular weight excluding hydrogens is 494 g/mol. The molecule has 4 rings (SSSR count). The quantitative estimate of drug-likeness (QED) is 0.201. The maximum absolute atomic E-state index is 13.6. The summed E-state index contributed by atoms with van der Waals surface area (Å²) in [4.78, 5) is 15.4. The molecule has 3 N–H and O–H groups in total. The van der Waals surface area contributed by atoms with E-state index in [2.05, 4.69) is 85.2 Å². The highest BCUT2D eigenvalue weighted by Crippen LogP contribution is 2.33. The Morgan fingerprint density at radius 1 is 1.00 bits per heavy atom. The first kappa shape index (κ1) is 27.7. The van der Waals surface area contributed by atoms with E-state index in [1.165, 1.54) is 16.7 Å². The summed E-state index contributed by atoms with van der Waals surface area (Å²) < 4.78 is 0. The van der Waals surface area contributed by atoms with Crippen molar-refractivity contribution in [3.05, 3.63) is 101 Å². The Morgan fingerprint density at radius 3 is 2.26 bits per heavy atom. The number of aliphatic hydroxyl groups is 1. The summed E-state index contributed by atoms with van der Waals surface area (Å²) in [7, 11) is 0. The molecule has 38 heavy (non-hydrogen) atoms. The molecule has 1 amide bonds. The number of aryl methyl sites for hydroxylation is 2. The lowest BCUT2D eigenvalue weighted by atomic mass is 9.82. The van der Waals surface area contributed by atoms with Gasteiger partial charge in [0.05, 0.1) is 18.0 Å². The maximum Gasteiger partial charge on any atom is 0.245 e. The van der Waals surface area contributed by atoms with Gasteiger partial charge in [-0.3, -0.25) is 4.79 Å². The average molecular weight is 532 g/mol. The Bertz CT molecular complexity index is 1210. The van der Waals surface area contributed by atoms with Gasteiger partial charge in [-0.2, -0.15) is 0 Å². The lowest BCUT2D eigenvalue weighted by Gasteiger charge is -2.49. The van der Waals surface area contributed by atoms with Gasteiger partial charge in [-0.1, -0.05) is 83.9 Å². The standard InChI is InChI=1S/C32H38ClN3O2/c1-24-10-14-26(15-11-24)7-5-6-18-34-28-8-3-4-9-29(28)35-30(19-27-16-12-25(2)13-17-27)31(38)36-21-32(20-33,22-36)23-37/h3-5,7-17,30,34-35,37H,6,18-23H2,1-2H3/b7-5+/t30-/m0/s1. The number of likely N-dealkylation sites (tertiary alicyclic amines) is 1. The fraction of sp³-hybridized carbons (Fsp3) is 0.344. The number of nitrogens with zero attached hydrogens (tertiary/aromatic N) is 1. The Kier molecular flexibility index (Phi) is 9.48. The molecular formula is C32H38ClN3O2. The monoisotopic (exact) mass is 531 g/mol. The first-order valence-corrected chi connectivity index (χ1v) is 13.8. The van der Waals surface area contributed by atoms with Crippen molar-refractivity contribution < 1.29 is 9.90 Å². The van der Waals surface area contributed by atoms with E-state index in [1.54, 1.807) is 4.90 Å². The van der Waals surface area contributed by atoms with Crippen molar-refractivity contribution in [2.45, 2.75) is 32.7 Å². The van der Waals surface area contributed by atoms with E-state index in [-0.39, 0.29) is 12.5 Å². The van der Waals surface area contributed by atoms with E-state index in [9.17, 15) is 9.90 Å². The Labute approximate surface area is 231 Å². The Hall–Kier alpha value is -3.28. The van der Waals surface area contributed by atoms with Crippen molar-refractivity contribution in [3.8, 4) is 0 Å². The van der Waals surface area contributed by atoms with Crippen LogP contribution in [0.4, 0.5) is 11.4 Å². The molecule has 5 nitrogen and oxygen atoms in total. The van der Waals surface area contributed by atoms with Crippen LogP contribution in [-0.4, -0.2) is 54.1 Å². The number of aliphatic hydroxyl groups excluding tert-OH is 1. The number of hydrogen-bond acceptors (Lipinski definition) is 4. The molecule has 1 aliphatic rings. The molecule has 0 aliphatic carbocycles. The van der Waals surface area contributed by atoms with Gasteiger partial charge in [0.15, 0.2) is 0 Å². The summed E-state index contributed by atoms with van der Waals surface area (Å²) in [6, 6.07) is 24.4. The summed E-state index contributed by atoms with van der Waals surface area (Å²) in [5.74, 6) is 0.365. The SMILES string of the molecule is Cc1ccc(/C=C/CCNc2ccccc2N[C@@H](Cc2ccc(C)cc2)C(=O)N2CC(CO)(CCl)C2)cc1. The summed E-state index contributed by atoms with van der Waals surface area (Å²) in [5, 5.41) is 16.8. The lowest BCUT2D eigenvalue weighted by Crippen LogP contribution is -2.63. The number of alkyl halides is 1. The zero-order chi connectivity index (χ0) is 27.0. The van der Waals surface area contributed by atoms with E-state index in [0.717, 1.165) is 29.9 Å². The van der Waals surface area contributed by atoms with Gasteiger partial charge in [0, 0.05) is 37.4 Å². The van der Waals surface area contributed by atoms with Gasteiger partial charge >= 0.3 is 0 Å². The highest BCUT2D eigenvalue weighted by molar-refractivity contribution is 6.18. The largest absolute Gasteiger partial charge is 0.396 e. The number of amides is 1. The van der Waals surface area contributed by atoms with E-state index in [0.29, 0.717) is 25.4 Å². The zero-order valence-electron chi connectivity index (χ0n) is 22.3. The predicted molar refractivity (Wildman–Crippen MR) is 159 cm³/mol. The number of para-hydroxylation sites is 2. The van der Waals surface area contributed by atoms with Crippen molar-refractivity contribution >= 4 is 35.0 Å². The first-order valence-electron chi connectivity index (χ1n) is 13.3. The number of anilines is 2. The Morgan fingerprint density at radius 2 is 1.63 bits per heavy atom. The van der Waals surface area contributed by atoms with E-state index >= 15 is 0 Å². The summed E-state index contributed by atoms with van der Waals surface area (Å²) in [6.07, 6.45) is 5.76. The zero-order valence-corrected chi connectivity index (χ0v) is 23.0. The van der Waals surface area contributed by atoms with E-state index in [1.807, 2.05) is 24.3 Å². The fourth-order valence-electron chi connectivity index (χ4n) is 4.66. The number of hydrogen-bond donors (Lipinski definition) is 3. The summed E-state index contributed by atoms with van der Waals surface area (Å²) in [5.41, 5.74) is 6.21. The molecule has 0 bridgehead atoms. The Balaban J connectivity index is 1.42. The van der Waals surface area contributed by atoms with Crippen molar-refractivity contribution in [1.29, 1.82) is 0 Å². The number of nitrogens with one attached hydrogen (secondary N) is 2. The third-order valence-electron chi connectivity index (χ3n) is 7.11. The molecule has 200 valence electrons. The minimum atomic E-state index is -0.436. The number of benzene rings is 3.